The van der Waals surface area contributed by atoms with Gasteiger partial charge in [-0.15, -0.1) is 11.3 Å². The van der Waals surface area contributed by atoms with E-state index in [1.54, 1.807) is 6.92 Å². The number of hydrogen-bond donors (Lipinski definition) is 0. The number of rotatable bonds is 0. The molecule has 0 aromatic carbocycles. The molecule has 0 radical (unpaired) electrons. The highest BCUT2D eigenvalue weighted by Crippen LogP contribution is 2.27. The number of thiophene rings is 1. The zero-order valence-corrected chi connectivity index (χ0v) is 6.17. The van der Waals surface area contributed by atoms with Crippen molar-refractivity contribution in [3.8, 4) is 0 Å². The van der Waals surface area contributed by atoms with E-state index in [-0.39, 0.29) is 0 Å². The Morgan fingerprint density at radius 1 is 1.60 bits per heavy atom. The molecule has 2 aromatic rings. The summed E-state index contributed by atoms with van der Waals surface area (Å²) in [4.78, 5) is 0.676. The topological polar surface area (TPSA) is 13.1 Å². The molecule has 10 heavy (non-hydrogen) atoms. The van der Waals surface area contributed by atoms with Gasteiger partial charge in [-0.2, -0.15) is 4.39 Å². The Labute approximate surface area is 61.1 Å². The standard InChI is InChI=1S/C7H5FOS/c1-4-5-2-3-10-7(5)9-6(4)8/h2-3H,1H3. The van der Waals surface area contributed by atoms with Crippen molar-refractivity contribution >= 4 is 21.6 Å². The molecule has 0 atom stereocenters. The molecule has 0 aliphatic rings. The van der Waals surface area contributed by atoms with Gasteiger partial charge < -0.3 is 4.42 Å². The van der Waals surface area contributed by atoms with E-state index < -0.39 is 6.01 Å². The molecule has 2 aromatic heterocycles. The van der Waals surface area contributed by atoms with E-state index in [1.807, 2.05) is 11.4 Å². The van der Waals surface area contributed by atoms with Gasteiger partial charge in [0.1, 0.15) is 0 Å². The molecule has 2 rings (SSSR count). The Kier molecular flexibility index (Phi) is 1.08. The van der Waals surface area contributed by atoms with Crippen molar-refractivity contribution in [2.24, 2.45) is 0 Å². The molecule has 0 bridgehead atoms. The summed E-state index contributed by atoms with van der Waals surface area (Å²) in [6.45, 7) is 1.72. The Hall–Kier alpha value is -0.830. The predicted octanol–water partition coefficient (Wildman–Crippen LogP) is 2.94. The van der Waals surface area contributed by atoms with Crippen molar-refractivity contribution in [3.05, 3.63) is 23.0 Å². The maximum atomic E-state index is 12.6. The third-order valence-corrected chi connectivity index (χ3v) is 2.30. The zero-order chi connectivity index (χ0) is 7.14. The first kappa shape index (κ1) is 5.92. The summed E-state index contributed by atoms with van der Waals surface area (Å²) in [5, 5.41) is 2.78. The lowest BCUT2D eigenvalue weighted by atomic mass is 10.3. The van der Waals surface area contributed by atoms with Crippen molar-refractivity contribution in [1.82, 2.24) is 0 Å². The molecule has 2 heterocycles. The van der Waals surface area contributed by atoms with Crippen molar-refractivity contribution in [2.45, 2.75) is 6.92 Å². The van der Waals surface area contributed by atoms with Crippen LogP contribution in [0.25, 0.3) is 10.3 Å². The molecule has 0 N–H and O–H groups in total. The minimum absolute atomic E-state index is 0.457. The number of fused-ring (bicyclic) bond motifs is 1. The highest BCUT2D eigenvalue weighted by atomic mass is 32.1. The maximum absolute atomic E-state index is 12.6. The van der Waals surface area contributed by atoms with E-state index in [9.17, 15) is 4.39 Å². The number of halogens is 1. The van der Waals surface area contributed by atoms with Crippen LogP contribution in [0.4, 0.5) is 4.39 Å². The van der Waals surface area contributed by atoms with Gasteiger partial charge in [-0.05, 0) is 18.4 Å². The van der Waals surface area contributed by atoms with Crippen molar-refractivity contribution in [2.75, 3.05) is 0 Å². The molecule has 1 nitrogen and oxygen atoms in total. The average molecular weight is 156 g/mol. The lowest BCUT2D eigenvalue weighted by Crippen LogP contribution is -1.68. The smallest absolute Gasteiger partial charge is 0.282 e. The highest BCUT2D eigenvalue weighted by Gasteiger charge is 2.09. The lowest BCUT2D eigenvalue weighted by Gasteiger charge is -1.77. The monoisotopic (exact) mass is 156 g/mol. The van der Waals surface area contributed by atoms with Crippen LogP contribution in [-0.4, -0.2) is 0 Å². The molecular weight excluding hydrogens is 151 g/mol. The molecular formula is C7H5FOS. The molecule has 0 spiro atoms. The van der Waals surface area contributed by atoms with Crippen LogP contribution in [0.1, 0.15) is 5.56 Å². The number of aryl methyl sites for hydroxylation is 1. The Bertz CT molecular complexity index is 360. The van der Waals surface area contributed by atoms with Gasteiger partial charge in [-0.25, -0.2) is 0 Å². The third-order valence-electron chi connectivity index (χ3n) is 1.51. The van der Waals surface area contributed by atoms with Crippen LogP contribution in [0.15, 0.2) is 15.9 Å². The molecule has 3 heteroatoms. The second-order valence-electron chi connectivity index (χ2n) is 2.12. The van der Waals surface area contributed by atoms with Crippen LogP contribution < -0.4 is 0 Å². The first-order chi connectivity index (χ1) is 4.79. The van der Waals surface area contributed by atoms with Crippen LogP contribution in [0.5, 0.6) is 0 Å². The van der Waals surface area contributed by atoms with Crippen molar-refractivity contribution in [1.29, 1.82) is 0 Å². The summed E-state index contributed by atoms with van der Waals surface area (Å²) in [5.41, 5.74) is 0.608. The van der Waals surface area contributed by atoms with Crippen LogP contribution in [0.3, 0.4) is 0 Å². The molecule has 0 aliphatic carbocycles. The Morgan fingerprint density at radius 2 is 2.40 bits per heavy atom. The summed E-state index contributed by atoms with van der Waals surface area (Å²) < 4.78 is 17.4. The van der Waals surface area contributed by atoms with E-state index in [0.29, 0.717) is 10.5 Å². The van der Waals surface area contributed by atoms with Gasteiger partial charge in [0, 0.05) is 10.9 Å². The van der Waals surface area contributed by atoms with E-state index in [4.69, 9.17) is 4.42 Å². The van der Waals surface area contributed by atoms with Crippen molar-refractivity contribution in [3.63, 3.8) is 0 Å². The SMILES string of the molecule is Cc1c(F)oc2sccc12. The fourth-order valence-corrected chi connectivity index (χ4v) is 1.71. The minimum Gasteiger partial charge on any atom is -0.420 e. The van der Waals surface area contributed by atoms with Gasteiger partial charge >= 0.3 is 0 Å². The van der Waals surface area contributed by atoms with E-state index in [2.05, 4.69) is 0 Å². The highest BCUT2D eigenvalue weighted by molar-refractivity contribution is 7.16. The lowest BCUT2D eigenvalue weighted by molar-refractivity contribution is 0.379. The fourth-order valence-electron chi connectivity index (χ4n) is 0.916. The van der Waals surface area contributed by atoms with E-state index >= 15 is 0 Å². The largest absolute Gasteiger partial charge is 0.420 e. The van der Waals surface area contributed by atoms with Crippen molar-refractivity contribution < 1.29 is 8.81 Å². The van der Waals surface area contributed by atoms with E-state index in [0.717, 1.165) is 5.39 Å². The summed E-state index contributed by atoms with van der Waals surface area (Å²) in [6, 6.07) is 1.41. The van der Waals surface area contributed by atoms with Gasteiger partial charge in [0.25, 0.3) is 6.01 Å². The van der Waals surface area contributed by atoms with Gasteiger partial charge in [0.2, 0.25) is 0 Å². The molecule has 0 saturated heterocycles. The molecule has 52 valence electrons. The minimum atomic E-state index is -0.457. The molecule has 0 unspecified atom stereocenters. The molecule has 0 fully saturated rings. The van der Waals surface area contributed by atoms with E-state index in [1.165, 1.54) is 11.3 Å². The van der Waals surface area contributed by atoms with Gasteiger partial charge in [-0.1, -0.05) is 0 Å². The second kappa shape index (κ2) is 1.83. The fraction of sp³-hybridized carbons (Fsp3) is 0.143. The van der Waals surface area contributed by atoms with Crippen LogP contribution in [0.2, 0.25) is 0 Å². The molecule has 0 saturated carbocycles. The average Bonchev–Trinajstić information content (AvgIpc) is 2.41. The van der Waals surface area contributed by atoms with Gasteiger partial charge in [0.05, 0.1) is 0 Å². The molecule has 0 amide bonds. The quantitative estimate of drug-likeness (QED) is 0.571. The first-order valence-electron chi connectivity index (χ1n) is 2.91. The van der Waals surface area contributed by atoms with Gasteiger partial charge in [0.15, 0.2) is 4.90 Å². The summed E-state index contributed by atoms with van der Waals surface area (Å²) in [6.07, 6.45) is 0. The van der Waals surface area contributed by atoms with Crippen LogP contribution in [-0.2, 0) is 0 Å². The second-order valence-corrected chi connectivity index (χ2v) is 3.00. The van der Waals surface area contributed by atoms with Gasteiger partial charge in [-0.3, -0.25) is 0 Å². The van der Waals surface area contributed by atoms with Crippen LogP contribution in [0, 0.1) is 12.9 Å². The maximum Gasteiger partial charge on any atom is 0.282 e. The Balaban J connectivity index is 2.95. The summed E-state index contributed by atoms with van der Waals surface area (Å²) in [7, 11) is 0. The summed E-state index contributed by atoms with van der Waals surface area (Å²) in [5.74, 6) is 0. The number of hydrogen-bond acceptors (Lipinski definition) is 2. The first-order valence-corrected chi connectivity index (χ1v) is 3.79. The predicted molar refractivity (Wildman–Crippen MR) is 38.8 cm³/mol. The van der Waals surface area contributed by atoms with Crippen LogP contribution >= 0.6 is 11.3 Å². The number of furan rings is 1. The Morgan fingerprint density at radius 3 is 3.10 bits per heavy atom. The molecule has 0 aliphatic heterocycles. The third kappa shape index (κ3) is 0.609. The zero-order valence-electron chi connectivity index (χ0n) is 5.35. The summed E-state index contributed by atoms with van der Waals surface area (Å²) >= 11 is 1.42. The normalized spacial score (nSPS) is 11.0.